The Kier molecular flexibility index (Phi) is 2.36. The van der Waals surface area contributed by atoms with Crippen molar-refractivity contribution in [3.8, 4) is 0 Å². The van der Waals surface area contributed by atoms with Crippen molar-refractivity contribution in [3.05, 3.63) is 12.2 Å². The van der Waals surface area contributed by atoms with Crippen LogP contribution in [0, 0.1) is 17.8 Å². The van der Waals surface area contributed by atoms with Crippen LogP contribution >= 0.6 is 0 Å². The molecule has 1 fully saturated rings. The van der Waals surface area contributed by atoms with E-state index in [1.54, 1.807) is 0 Å². The minimum absolute atomic E-state index is 0.0302. The molecule has 0 heterocycles. The summed E-state index contributed by atoms with van der Waals surface area (Å²) < 4.78 is 0. The minimum atomic E-state index is 0.0302. The molecule has 1 saturated carbocycles. The van der Waals surface area contributed by atoms with Gasteiger partial charge in [-0.3, -0.25) is 4.79 Å². The van der Waals surface area contributed by atoms with Crippen molar-refractivity contribution < 1.29 is 9.90 Å². The molecule has 0 aliphatic heterocycles. The fraction of sp³-hybridized carbons (Fsp3) is 0.700. The first-order chi connectivity index (χ1) is 6.31. The van der Waals surface area contributed by atoms with Crippen LogP contribution in [0.25, 0.3) is 0 Å². The van der Waals surface area contributed by atoms with E-state index >= 15 is 0 Å². The zero-order valence-corrected chi connectivity index (χ0v) is 7.57. The highest BCUT2D eigenvalue weighted by Crippen LogP contribution is 2.43. The van der Waals surface area contributed by atoms with Gasteiger partial charge in [0.15, 0.2) is 0 Å². The summed E-state index contributed by atoms with van der Waals surface area (Å²) in [6.07, 6.45) is 6.54. The van der Waals surface area contributed by atoms with Crippen molar-refractivity contribution in [2.45, 2.75) is 12.8 Å². The van der Waals surface area contributed by atoms with Crippen LogP contribution in [0.3, 0.4) is 0 Å². The number of hydrogen-bond donors (Lipinski definition) is 2. The standard InChI is InChI=1S/C10H15NO2/c12-4-3-11-10(13)9-6-7-1-2-8(9)5-7/h1-2,7-9,12H,3-6H2,(H,11,13)/t7-,8-,9+/m0/s1. The summed E-state index contributed by atoms with van der Waals surface area (Å²) in [5.41, 5.74) is 0. The molecule has 0 aromatic carbocycles. The van der Waals surface area contributed by atoms with Crippen molar-refractivity contribution in [1.29, 1.82) is 0 Å². The Morgan fingerprint density at radius 1 is 1.46 bits per heavy atom. The van der Waals surface area contributed by atoms with E-state index in [9.17, 15) is 4.79 Å². The van der Waals surface area contributed by atoms with Crippen LogP contribution in [0.15, 0.2) is 12.2 Å². The van der Waals surface area contributed by atoms with Crippen LogP contribution in [0.1, 0.15) is 12.8 Å². The van der Waals surface area contributed by atoms with Gasteiger partial charge >= 0.3 is 0 Å². The Labute approximate surface area is 77.8 Å². The van der Waals surface area contributed by atoms with E-state index in [0.717, 1.165) is 12.8 Å². The summed E-state index contributed by atoms with van der Waals surface area (Å²) in [7, 11) is 0. The smallest absolute Gasteiger partial charge is 0.223 e. The molecule has 13 heavy (non-hydrogen) atoms. The predicted molar refractivity (Wildman–Crippen MR) is 48.9 cm³/mol. The fourth-order valence-electron chi connectivity index (χ4n) is 2.39. The molecule has 2 bridgehead atoms. The molecule has 2 aliphatic carbocycles. The molecule has 0 radical (unpaired) electrons. The highest BCUT2D eigenvalue weighted by molar-refractivity contribution is 5.79. The van der Waals surface area contributed by atoms with Gasteiger partial charge in [0.1, 0.15) is 0 Å². The Morgan fingerprint density at radius 3 is 2.85 bits per heavy atom. The number of fused-ring (bicyclic) bond motifs is 2. The Bertz CT molecular complexity index is 237. The first-order valence-electron chi connectivity index (χ1n) is 4.88. The molecule has 3 atom stereocenters. The lowest BCUT2D eigenvalue weighted by Crippen LogP contribution is -2.34. The second kappa shape index (κ2) is 3.50. The molecule has 3 heteroatoms. The number of allylic oxidation sites excluding steroid dienone is 2. The number of carbonyl (C=O) groups is 1. The average Bonchev–Trinajstić information content (AvgIpc) is 2.74. The molecule has 2 N–H and O–H groups in total. The number of aliphatic hydroxyl groups is 1. The first kappa shape index (κ1) is 8.75. The maximum Gasteiger partial charge on any atom is 0.223 e. The second-order valence-corrected chi connectivity index (χ2v) is 3.90. The van der Waals surface area contributed by atoms with Gasteiger partial charge in [-0.1, -0.05) is 12.2 Å². The largest absolute Gasteiger partial charge is 0.395 e. The molecule has 0 spiro atoms. The summed E-state index contributed by atoms with van der Waals surface area (Å²) in [5, 5.41) is 11.3. The van der Waals surface area contributed by atoms with Crippen LogP contribution < -0.4 is 5.32 Å². The van der Waals surface area contributed by atoms with E-state index in [-0.39, 0.29) is 18.4 Å². The number of carbonyl (C=O) groups excluding carboxylic acids is 1. The van der Waals surface area contributed by atoms with Gasteiger partial charge in [0, 0.05) is 12.5 Å². The Hall–Kier alpha value is -0.830. The third-order valence-electron chi connectivity index (χ3n) is 3.03. The van der Waals surface area contributed by atoms with E-state index in [2.05, 4.69) is 17.5 Å². The Balaban J connectivity index is 1.88. The lowest BCUT2D eigenvalue weighted by Gasteiger charge is -2.16. The molecule has 3 nitrogen and oxygen atoms in total. The maximum atomic E-state index is 11.5. The van der Waals surface area contributed by atoms with Gasteiger partial charge in [-0.2, -0.15) is 0 Å². The van der Waals surface area contributed by atoms with Gasteiger partial charge in [0.2, 0.25) is 5.91 Å². The maximum absolute atomic E-state index is 11.5. The first-order valence-corrected chi connectivity index (χ1v) is 4.88. The fourth-order valence-corrected chi connectivity index (χ4v) is 2.39. The molecule has 2 aliphatic rings. The average molecular weight is 181 g/mol. The highest BCUT2D eigenvalue weighted by atomic mass is 16.3. The van der Waals surface area contributed by atoms with Crippen molar-refractivity contribution in [2.24, 2.45) is 17.8 Å². The predicted octanol–water partition coefficient (Wildman–Crippen LogP) is 0.307. The quantitative estimate of drug-likeness (QED) is 0.615. The minimum Gasteiger partial charge on any atom is -0.395 e. The van der Waals surface area contributed by atoms with Crippen molar-refractivity contribution in [3.63, 3.8) is 0 Å². The third-order valence-corrected chi connectivity index (χ3v) is 3.03. The van der Waals surface area contributed by atoms with Crippen LogP contribution in [0.2, 0.25) is 0 Å². The molecule has 0 unspecified atom stereocenters. The zero-order chi connectivity index (χ0) is 9.26. The van der Waals surface area contributed by atoms with E-state index in [1.807, 2.05) is 0 Å². The summed E-state index contributed by atoms with van der Waals surface area (Å²) in [6.45, 7) is 0.416. The van der Waals surface area contributed by atoms with Gasteiger partial charge in [-0.15, -0.1) is 0 Å². The van der Waals surface area contributed by atoms with Crippen LogP contribution in [-0.2, 0) is 4.79 Å². The molecule has 0 saturated heterocycles. The van der Waals surface area contributed by atoms with E-state index in [4.69, 9.17) is 5.11 Å². The normalized spacial score (nSPS) is 35.3. The zero-order valence-electron chi connectivity index (χ0n) is 7.57. The topological polar surface area (TPSA) is 49.3 Å². The van der Waals surface area contributed by atoms with Gasteiger partial charge in [0.05, 0.1) is 6.61 Å². The summed E-state index contributed by atoms with van der Waals surface area (Å²) in [6, 6.07) is 0. The second-order valence-electron chi connectivity index (χ2n) is 3.90. The van der Waals surface area contributed by atoms with E-state index < -0.39 is 0 Å². The monoisotopic (exact) mass is 181 g/mol. The lowest BCUT2D eigenvalue weighted by atomic mass is 9.93. The number of hydrogen-bond acceptors (Lipinski definition) is 2. The van der Waals surface area contributed by atoms with Crippen molar-refractivity contribution in [2.75, 3.05) is 13.2 Å². The van der Waals surface area contributed by atoms with Crippen LogP contribution in [0.4, 0.5) is 0 Å². The van der Waals surface area contributed by atoms with Gasteiger partial charge in [-0.25, -0.2) is 0 Å². The lowest BCUT2D eigenvalue weighted by molar-refractivity contribution is -0.125. The van der Waals surface area contributed by atoms with E-state index in [0.29, 0.717) is 18.4 Å². The van der Waals surface area contributed by atoms with Crippen molar-refractivity contribution in [1.82, 2.24) is 5.32 Å². The van der Waals surface area contributed by atoms with Gasteiger partial charge in [-0.05, 0) is 24.7 Å². The molecular weight excluding hydrogens is 166 g/mol. The number of amides is 1. The number of nitrogens with one attached hydrogen (secondary N) is 1. The molecule has 1 amide bonds. The SMILES string of the molecule is O=C(NCCO)[C@@H]1C[C@H]2C=C[C@H]1C2. The summed E-state index contributed by atoms with van der Waals surface area (Å²) in [5.74, 6) is 1.38. The van der Waals surface area contributed by atoms with E-state index in [1.165, 1.54) is 0 Å². The number of aliphatic hydroxyl groups excluding tert-OH is 1. The van der Waals surface area contributed by atoms with Crippen LogP contribution in [-0.4, -0.2) is 24.2 Å². The van der Waals surface area contributed by atoms with Crippen molar-refractivity contribution >= 4 is 5.91 Å². The molecule has 0 aromatic heterocycles. The molecular formula is C10H15NO2. The Morgan fingerprint density at radius 2 is 2.31 bits per heavy atom. The highest BCUT2D eigenvalue weighted by Gasteiger charge is 2.39. The molecule has 0 aromatic rings. The van der Waals surface area contributed by atoms with Crippen LogP contribution in [0.5, 0.6) is 0 Å². The third kappa shape index (κ3) is 1.61. The van der Waals surface area contributed by atoms with Gasteiger partial charge < -0.3 is 10.4 Å². The molecule has 72 valence electrons. The summed E-state index contributed by atoms with van der Waals surface area (Å²) in [4.78, 5) is 11.5. The number of rotatable bonds is 3. The van der Waals surface area contributed by atoms with Gasteiger partial charge in [0.25, 0.3) is 0 Å². The summed E-state index contributed by atoms with van der Waals surface area (Å²) >= 11 is 0. The molecule has 2 rings (SSSR count).